The number of nitrogens with zero attached hydrogens (tertiary/aromatic N) is 5. The number of piperidine rings is 1. The maximum atomic E-state index is 14.0. The lowest BCUT2D eigenvalue weighted by Gasteiger charge is -2.39. The molecule has 8 nitrogen and oxygen atoms in total. The Morgan fingerprint density at radius 1 is 1.16 bits per heavy atom. The summed E-state index contributed by atoms with van der Waals surface area (Å²) >= 11 is 0.856. The van der Waals surface area contributed by atoms with Crippen molar-refractivity contribution in [2.24, 2.45) is 5.41 Å². The minimum Gasteiger partial charge on any atom is -0.348 e. The molecule has 0 bridgehead atoms. The first kappa shape index (κ1) is 26.0. The Hall–Kier alpha value is -3.63. The first-order chi connectivity index (χ1) is 18.0. The second-order valence-corrected chi connectivity index (χ2v) is 10.8. The van der Waals surface area contributed by atoms with Crippen molar-refractivity contribution < 1.29 is 22.5 Å². The van der Waals surface area contributed by atoms with Crippen LogP contribution in [0.15, 0.2) is 35.1 Å². The molecule has 0 atom stereocenters. The quantitative estimate of drug-likeness (QED) is 0.255. The van der Waals surface area contributed by atoms with Gasteiger partial charge in [-0.15, -0.1) is 0 Å². The van der Waals surface area contributed by atoms with E-state index in [0.29, 0.717) is 31.8 Å². The standard InChI is InChI=1S/C25H21F4N5O3S/c26-19-9-15(1-2-16(19)12-30)13-32-6-3-24(14-32)4-7-33(8-5-24)23-31-22(35)18-10-17(25(27,28)29)11-20(34(36)37)21(18)38-23/h1-2,9-11H,3-8,13-14H2. The molecule has 13 heteroatoms. The fourth-order valence-electron chi connectivity index (χ4n) is 5.32. The van der Waals surface area contributed by atoms with Gasteiger partial charge in [-0.05, 0) is 55.0 Å². The zero-order valence-electron chi connectivity index (χ0n) is 19.9. The number of fused-ring (bicyclic) bond motifs is 1. The topological polar surface area (TPSA) is 103 Å². The third kappa shape index (κ3) is 4.93. The first-order valence-corrected chi connectivity index (χ1v) is 12.7. The number of nitro benzene ring substituents is 1. The van der Waals surface area contributed by atoms with E-state index in [1.807, 2.05) is 11.0 Å². The van der Waals surface area contributed by atoms with Crippen molar-refractivity contribution in [2.75, 3.05) is 31.1 Å². The number of hydrogen-bond acceptors (Lipinski definition) is 8. The van der Waals surface area contributed by atoms with E-state index in [1.165, 1.54) is 12.1 Å². The lowest BCUT2D eigenvalue weighted by Crippen LogP contribution is -2.42. The van der Waals surface area contributed by atoms with Gasteiger partial charge in [0, 0.05) is 32.2 Å². The largest absolute Gasteiger partial charge is 0.416 e. The zero-order valence-corrected chi connectivity index (χ0v) is 20.7. The molecule has 1 spiro atoms. The highest BCUT2D eigenvalue weighted by Crippen LogP contribution is 2.43. The molecule has 0 amide bonds. The number of anilines is 1. The number of rotatable bonds is 4. The summed E-state index contributed by atoms with van der Waals surface area (Å²) in [6, 6.07) is 7.51. The lowest BCUT2D eigenvalue weighted by molar-refractivity contribution is -0.383. The molecule has 2 aromatic carbocycles. The van der Waals surface area contributed by atoms with E-state index < -0.39 is 39.1 Å². The maximum absolute atomic E-state index is 14.0. The van der Waals surface area contributed by atoms with E-state index in [2.05, 4.69) is 9.88 Å². The average molecular weight is 548 g/mol. The summed E-state index contributed by atoms with van der Waals surface area (Å²) in [4.78, 5) is 31.4. The Bertz CT molecular complexity index is 1530. The molecular weight excluding hydrogens is 526 g/mol. The molecule has 5 rings (SSSR count). The van der Waals surface area contributed by atoms with Crippen molar-refractivity contribution in [3.63, 3.8) is 0 Å². The molecular formula is C25H21F4N5O3S. The van der Waals surface area contributed by atoms with Crippen LogP contribution < -0.4 is 10.5 Å². The Balaban J connectivity index is 1.32. The van der Waals surface area contributed by atoms with Gasteiger partial charge in [0.15, 0.2) is 5.13 Å². The monoisotopic (exact) mass is 547 g/mol. The van der Waals surface area contributed by atoms with Gasteiger partial charge in [-0.25, -0.2) is 4.39 Å². The van der Waals surface area contributed by atoms with Gasteiger partial charge in [0.1, 0.15) is 16.6 Å². The number of alkyl halides is 3. The molecule has 2 aliphatic rings. The molecule has 38 heavy (non-hydrogen) atoms. The van der Waals surface area contributed by atoms with Crippen LogP contribution in [0, 0.1) is 32.7 Å². The van der Waals surface area contributed by atoms with Gasteiger partial charge in [0.05, 0.1) is 21.4 Å². The van der Waals surface area contributed by atoms with Crippen LogP contribution in [-0.4, -0.2) is 41.0 Å². The van der Waals surface area contributed by atoms with Gasteiger partial charge in [-0.2, -0.15) is 23.4 Å². The second-order valence-electron chi connectivity index (χ2n) is 9.80. The minimum absolute atomic E-state index is 0.00902. The van der Waals surface area contributed by atoms with Crippen LogP contribution in [0.2, 0.25) is 0 Å². The molecule has 0 saturated carbocycles. The molecule has 0 radical (unpaired) electrons. The average Bonchev–Trinajstić information content (AvgIpc) is 3.24. The highest BCUT2D eigenvalue weighted by molar-refractivity contribution is 7.22. The summed E-state index contributed by atoms with van der Waals surface area (Å²) in [6.45, 7) is 3.28. The van der Waals surface area contributed by atoms with E-state index >= 15 is 0 Å². The van der Waals surface area contributed by atoms with E-state index in [4.69, 9.17) is 5.26 Å². The summed E-state index contributed by atoms with van der Waals surface area (Å²) in [6.07, 6.45) is -2.34. The number of aromatic nitrogens is 1. The van der Waals surface area contributed by atoms with Crippen molar-refractivity contribution in [3.05, 3.63) is 73.3 Å². The predicted molar refractivity (Wildman–Crippen MR) is 132 cm³/mol. The van der Waals surface area contributed by atoms with E-state index in [0.717, 1.165) is 49.3 Å². The molecule has 0 aliphatic carbocycles. The molecule has 1 aromatic heterocycles. The van der Waals surface area contributed by atoms with Gasteiger partial charge in [0.2, 0.25) is 0 Å². The number of likely N-dealkylation sites (tertiary alicyclic amines) is 1. The van der Waals surface area contributed by atoms with E-state index in [1.54, 1.807) is 6.07 Å². The number of nitro groups is 1. The van der Waals surface area contributed by atoms with Crippen LogP contribution >= 0.6 is 11.3 Å². The molecule has 3 heterocycles. The first-order valence-electron chi connectivity index (χ1n) is 11.8. The van der Waals surface area contributed by atoms with Gasteiger partial charge < -0.3 is 4.90 Å². The Morgan fingerprint density at radius 2 is 1.87 bits per heavy atom. The minimum atomic E-state index is -4.83. The van der Waals surface area contributed by atoms with Gasteiger partial charge in [0.25, 0.3) is 11.2 Å². The molecule has 3 aromatic rings. The van der Waals surface area contributed by atoms with Crippen LogP contribution in [0.3, 0.4) is 0 Å². The summed E-state index contributed by atoms with van der Waals surface area (Å²) in [7, 11) is 0. The molecule has 2 saturated heterocycles. The van der Waals surface area contributed by atoms with Gasteiger partial charge >= 0.3 is 6.18 Å². The molecule has 0 N–H and O–H groups in total. The number of nitriles is 1. The molecule has 2 aliphatic heterocycles. The zero-order chi connectivity index (χ0) is 27.2. The fraction of sp³-hybridized carbons (Fsp3) is 0.400. The predicted octanol–water partition coefficient (Wildman–Crippen LogP) is 5.09. The summed E-state index contributed by atoms with van der Waals surface area (Å²) < 4.78 is 53.5. The number of non-ortho nitro benzene ring substituents is 1. The third-order valence-corrected chi connectivity index (χ3v) is 8.55. The second kappa shape index (κ2) is 9.59. The molecule has 198 valence electrons. The lowest BCUT2D eigenvalue weighted by atomic mass is 9.78. The third-order valence-electron chi connectivity index (χ3n) is 7.39. The summed E-state index contributed by atoms with van der Waals surface area (Å²) in [5.74, 6) is -0.538. The van der Waals surface area contributed by atoms with E-state index in [-0.39, 0.29) is 20.8 Å². The van der Waals surface area contributed by atoms with E-state index in [9.17, 15) is 32.5 Å². The van der Waals surface area contributed by atoms with Crippen LogP contribution in [0.25, 0.3) is 10.1 Å². The van der Waals surface area contributed by atoms with Crippen molar-refractivity contribution >= 4 is 32.2 Å². The van der Waals surface area contributed by atoms with Gasteiger partial charge in [-0.1, -0.05) is 17.4 Å². The number of hydrogen-bond donors (Lipinski definition) is 0. The summed E-state index contributed by atoms with van der Waals surface area (Å²) in [5, 5.41) is 20.3. The normalized spacial score (nSPS) is 17.7. The van der Waals surface area contributed by atoms with Crippen LogP contribution in [-0.2, 0) is 12.7 Å². The fourth-order valence-corrected chi connectivity index (χ4v) is 6.44. The highest BCUT2D eigenvalue weighted by atomic mass is 32.1. The Morgan fingerprint density at radius 3 is 2.50 bits per heavy atom. The highest BCUT2D eigenvalue weighted by Gasteiger charge is 2.41. The van der Waals surface area contributed by atoms with Crippen molar-refractivity contribution in [3.8, 4) is 6.07 Å². The van der Waals surface area contributed by atoms with Crippen molar-refractivity contribution in [2.45, 2.75) is 32.0 Å². The smallest absolute Gasteiger partial charge is 0.348 e. The SMILES string of the molecule is N#Cc1ccc(CN2CCC3(CCN(c4nc(=O)c5cc(C(F)(F)F)cc([N+](=O)[O-])c5s4)CC3)C2)cc1F. The Labute approximate surface area is 217 Å². The number of benzene rings is 2. The Kier molecular flexibility index (Phi) is 6.56. The van der Waals surface area contributed by atoms with Crippen molar-refractivity contribution in [1.82, 2.24) is 9.88 Å². The molecule has 0 unspecified atom stereocenters. The van der Waals surface area contributed by atoms with Crippen LogP contribution in [0.5, 0.6) is 0 Å². The summed E-state index contributed by atoms with van der Waals surface area (Å²) in [5.41, 5.74) is -2.13. The number of halogens is 4. The molecule has 2 fully saturated rings. The maximum Gasteiger partial charge on any atom is 0.416 e. The van der Waals surface area contributed by atoms with Crippen LogP contribution in [0.4, 0.5) is 28.4 Å². The van der Waals surface area contributed by atoms with Gasteiger partial charge in [-0.3, -0.25) is 19.8 Å². The van der Waals surface area contributed by atoms with Crippen LogP contribution in [0.1, 0.15) is 36.0 Å². The van der Waals surface area contributed by atoms with Crippen molar-refractivity contribution in [1.29, 1.82) is 5.26 Å².